The van der Waals surface area contributed by atoms with Crippen molar-refractivity contribution in [3.63, 3.8) is 0 Å². The Morgan fingerprint density at radius 1 is 1.08 bits per heavy atom. The van der Waals surface area contributed by atoms with Gasteiger partial charge in [-0.2, -0.15) is 4.68 Å². The number of hydrogen-bond donors (Lipinski definition) is 0. The quantitative estimate of drug-likeness (QED) is 0.496. The number of benzene rings is 2. The number of tetrazole rings is 1. The van der Waals surface area contributed by atoms with Crippen LogP contribution in [0.4, 0.5) is 10.1 Å². The van der Waals surface area contributed by atoms with E-state index in [0.717, 1.165) is 11.4 Å². The predicted octanol–water partition coefficient (Wildman–Crippen LogP) is 1.90. The third kappa shape index (κ3) is 5.06. The van der Waals surface area contributed by atoms with Crippen molar-refractivity contribution >= 4 is 17.5 Å². The number of rotatable bonds is 7. The lowest BCUT2D eigenvalue weighted by Crippen LogP contribution is -2.50. The van der Waals surface area contributed by atoms with Crippen LogP contribution in [0.1, 0.15) is 19.2 Å². The van der Waals surface area contributed by atoms with Crippen molar-refractivity contribution < 1.29 is 18.7 Å². The second-order valence-electron chi connectivity index (χ2n) is 8.92. The lowest BCUT2D eigenvalue weighted by molar-refractivity contribution is -0.137. The molecule has 0 aliphatic carbocycles. The Hall–Kier alpha value is -3.86. The number of carbonyl (C=O) groups is 2. The number of anilines is 1. The highest BCUT2D eigenvalue weighted by Gasteiger charge is 2.38. The van der Waals surface area contributed by atoms with E-state index in [9.17, 15) is 14.0 Å². The van der Waals surface area contributed by atoms with E-state index in [1.165, 1.54) is 16.8 Å². The molecule has 3 aromatic rings. The second kappa shape index (κ2) is 10.4. The van der Waals surface area contributed by atoms with E-state index in [2.05, 4.69) is 20.4 Å². The van der Waals surface area contributed by atoms with E-state index in [0.29, 0.717) is 57.4 Å². The summed E-state index contributed by atoms with van der Waals surface area (Å²) < 4.78 is 20.6. The van der Waals surface area contributed by atoms with Gasteiger partial charge >= 0.3 is 0 Å². The number of piperazine rings is 1. The molecule has 0 N–H and O–H groups in total. The first-order valence-electron chi connectivity index (χ1n) is 12.1. The van der Waals surface area contributed by atoms with Crippen molar-refractivity contribution in [1.82, 2.24) is 30.0 Å². The summed E-state index contributed by atoms with van der Waals surface area (Å²) in [4.78, 5) is 31.5. The van der Waals surface area contributed by atoms with Gasteiger partial charge in [-0.15, -0.1) is 5.10 Å². The van der Waals surface area contributed by atoms with Crippen LogP contribution in [0.25, 0.3) is 5.69 Å². The molecule has 0 bridgehead atoms. The Balaban J connectivity index is 1.16. The molecule has 2 aliphatic heterocycles. The van der Waals surface area contributed by atoms with Crippen molar-refractivity contribution in [2.45, 2.75) is 19.9 Å². The number of amides is 2. The number of ether oxygens (including phenoxy) is 1. The van der Waals surface area contributed by atoms with E-state index in [-0.39, 0.29) is 30.0 Å². The van der Waals surface area contributed by atoms with E-state index in [4.69, 9.17) is 4.74 Å². The lowest BCUT2D eigenvalue weighted by Gasteiger charge is -2.35. The molecule has 0 spiro atoms. The van der Waals surface area contributed by atoms with Crippen LogP contribution in [0.5, 0.6) is 5.75 Å². The highest BCUT2D eigenvalue weighted by atomic mass is 19.1. The first kappa shape index (κ1) is 23.9. The zero-order chi connectivity index (χ0) is 25.1. The third-order valence-corrected chi connectivity index (χ3v) is 6.57. The molecule has 188 valence electrons. The summed E-state index contributed by atoms with van der Waals surface area (Å²) in [5, 5.41) is 11.8. The normalized spacial score (nSPS) is 18.6. The summed E-state index contributed by atoms with van der Waals surface area (Å²) >= 11 is 0. The number of nitrogens with zero attached hydrogens (tertiary/aromatic N) is 7. The molecule has 2 aromatic carbocycles. The number of hydrogen-bond acceptors (Lipinski definition) is 7. The number of halogens is 1. The van der Waals surface area contributed by atoms with Crippen LogP contribution in [0.2, 0.25) is 0 Å². The van der Waals surface area contributed by atoms with Gasteiger partial charge in [-0.3, -0.25) is 14.5 Å². The molecular weight excluding hydrogens is 465 g/mol. The highest BCUT2D eigenvalue weighted by Crippen LogP contribution is 2.28. The molecule has 10 nitrogen and oxygen atoms in total. The monoisotopic (exact) mass is 493 g/mol. The summed E-state index contributed by atoms with van der Waals surface area (Å²) in [5.74, 6) is 0.626. The van der Waals surface area contributed by atoms with Gasteiger partial charge < -0.3 is 14.5 Å². The lowest BCUT2D eigenvalue weighted by atomic mass is 10.1. The molecule has 2 fully saturated rings. The molecule has 0 radical (unpaired) electrons. The first-order chi connectivity index (χ1) is 17.5. The molecule has 3 heterocycles. The Kier molecular flexibility index (Phi) is 6.90. The zero-order valence-electron chi connectivity index (χ0n) is 20.1. The van der Waals surface area contributed by atoms with Gasteiger partial charge in [0.1, 0.15) is 11.6 Å². The van der Waals surface area contributed by atoms with Gasteiger partial charge in [0.25, 0.3) is 0 Å². The largest absolute Gasteiger partial charge is 0.494 e. The molecule has 11 heteroatoms. The van der Waals surface area contributed by atoms with Crippen molar-refractivity contribution in [1.29, 1.82) is 0 Å². The fourth-order valence-electron chi connectivity index (χ4n) is 4.71. The van der Waals surface area contributed by atoms with Crippen molar-refractivity contribution in [3.05, 3.63) is 60.2 Å². The average molecular weight is 494 g/mol. The summed E-state index contributed by atoms with van der Waals surface area (Å²) in [6, 6.07) is 13.5. The third-order valence-electron chi connectivity index (χ3n) is 6.57. The van der Waals surface area contributed by atoms with E-state index < -0.39 is 0 Å². The zero-order valence-corrected chi connectivity index (χ0v) is 20.1. The van der Waals surface area contributed by atoms with Crippen LogP contribution >= 0.6 is 0 Å². The minimum atomic E-state index is -0.354. The Morgan fingerprint density at radius 3 is 2.58 bits per heavy atom. The molecule has 1 atom stereocenters. The molecule has 2 saturated heterocycles. The predicted molar refractivity (Wildman–Crippen MR) is 129 cm³/mol. The molecular formula is C25H28FN7O3. The molecule has 2 aliphatic rings. The Labute approximate surface area is 208 Å². The summed E-state index contributed by atoms with van der Waals surface area (Å²) in [7, 11) is 0. The standard InChI is InChI=1S/C25H28FN7O3/c1-2-36-22-8-6-20(7-9-22)32-16-18(14-24(32)34)25(35)31-12-10-30(11-13-31)17-23-27-28-29-33(23)21-5-3-4-19(26)15-21/h3-9,15,18H,2,10-14,16-17H2,1H3. The maximum Gasteiger partial charge on any atom is 0.228 e. The summed E-state index contributed by atoms with van der Waals surface area (Å²) in [6.07, 6.45) is 0.217. The van der Waals surface area contributed by atoms with E-state index in [1.54, 1.807) is 17.0 Å². The SMILES string of the molecule is CCOc1ccc(N2CC(C(=O)N3CCN(Cc4nnnn4-c4cccc(F)c4)CC3)CC2=O)cc1. The molecule has 2 amide bonds. The summed E-state index contributed by atoms with van der Waals surface area (Å²) in [5.41, 5.74) is 1.34. The molecule has 1 unspecified atom stereocenters. The van der Waals surface area contributed by atoms with Gasteiger partial charge in [0.05, 0.1) is 24.8 Å². The number of carbonyl (C=O) groups excluding carboxylic acids is 2. The molecule has 1 aromatic heterocycles. The second-order valence-corrected chi connectivity index (χ2v) is 8.92. The van der Waals surface area contributed by atoms with Crippen LogP contribution in [0.15, 0.2) is 48.5 Å². The maximum atomic E-state index is 13.6. The number of aromatic nitrogens is 4. The van der Waals surface area contributed by atoms with Gasteiger partial charge in [0, 0.05) is 44.8 Å². The van der Waals surface area contributed by atoms with Crippen molar-refractivity contribution in [2.75, 3.05) is 44.2 Å². The fraction of sp³-hybridized carbons (Fsp3) is 0.400. The van der Waals surface area contributed by atoms with Crippen LogP contribution in [-0.2, 0) is 16.1 Å². The minimum absolute atomic E-state index is 0.0148. The Morgan fingerprint density at radius 2 is 1.86 bits per heavy atom. The fourth-order valence-corrected chi connectivity index (χ4v) is 4.71. The average Bonchev–Trinajstić information content (AvgIpc) is 3.51. The van der Waals surface area contributed by atoms with Gasteiger partial charge in [0.15, 0.2) is 5.82 Å². The van der Waals surface area contributed by atoms with Gasteiger partial charge in [-0.05, 0) is 59.8 Å². The minimum Gasteiger partial charge on any atom is -0.494 e. The van der Waals surface area contributed by atoms with E-state index >= 15 is 0 Å². The molecule has 0 saturated carbocycles. The van der Waals surface area contributed by atoms with E-state index in [1.807, 2.05) is 36.1 Å². The topological polar surface area (TPSA) is 96.7 Å². The Bertz CT molecular complexity index is 1220. The van der Waals surface area contributed by atoms with Crippen molar-refractivity contribution in [2.24, 2.45) is 5.92 Å². The van der Waals surface area contributed by atoms with Gasteiger partial charge in [-0.25, -0.2) is 4.39 Å². The first-order valence-corrected chi connectivity index (χ1v) is 12.1. The van der Waals surface area contributed by atoms with Gasteiger partial charge in [0.2, 0.25) is 11.8 Å². The molecule has 5 rings (SSSR count). The maximum absolute atomic E-state index is 13.6. The van der Waals surface area contributed by atoms with Crippen LogP contribution < -0.4 is 9.64 Å². The van der Waals surface area contributed by atoms with Gasteiger partial charge in [-0.1, -0.05) is 6.07 Å². The van der Waals surface area contributed by atoms with Crippen molar-refractivity contribution in [3.8, 4) is 11.4 Å². The van der Waals surface area contributed by atoms with Crippen LogP contribution in [0, 0.1) is 11.7 Å². The smallest absolute Gasteiger partial charge is 0.228 e. The highest BCUT2D eigenvalue weighted by molar-refractivity contribution is 6.00. The van der Waals surface area contributed by atoms with Crippen LogP contribution in [-0.4, -0.2) is 81.2 Å². The van der Waals surface area contributed by atoms with Crippen LogP contribution in [0.3, 0.4) is 0 Å². The summed E-state index contributed by atoms with van der Waals surface area (Å²) in [6.45, 7) is 5.81. The molecule has 36 heavy (non-hydrogen) atoms.